The zero-order chi connectivity index (χ0) is 12.0. The molecule has 0 bridgehead atoms. The topological polar surface area (TPSA) is 50.4 Å². The van der Waals surface area contributed by atoms with Gasteiger partial charge in [-0.1, -0.05) is 24.8 Å². The fourth-order valence-corrected chi connectivity index (χ4v) is 2.62. The summed E-state index contributed by atoms with van der Waals surface area (Å²) in [5, 5.41) is 8.43. The lowest BCUT2D eigenvalue weighted by Crippen LogP contribution is -2.54. The second-order valence-electron chi connectivity index (χ2n) is 3.39. The lowest BCUT2D eigenvalue weighted by atomic mass is 10.2. The Hall–Kier alpha value is -0.750. The Bertz CT molecular complexity index is 297. The number of esters is 1. The van der Waals surface area contributed by atoms with Crippen molar-refractivity contribution in [1.82, 2.24) is 10.6 Å². The van der Waals surface area contributed by atoms with Gasteiger partial charge in [-0.05, 0) is 24.0 Å². The maximum absolute atomic E-state index is 11.7. The van der Waals surface area contributed by atoms with Crippen LogP contribution in [0.2, 0.25) is 0 Å². The van der Waals surface area contributed by atoms with Crippen molar-refractivity contribution in [3.05, 3.63) is 11.5 Å². The van der Waals surface area contributed by atoms with E-state index < -0.39 is 4.87 Å². The summed E-state index contributed by atoms with van der Waals surface area (Å²) in [6.07, 6.45) is 3.49. The number of thiocarbonyl (C=S) groups is 1. The Kier molecular flexibility index (Phi) is 5.08. The van der Waals surface area contributed by atoms with E-state index in [0.29, 0.717) is 11.5 Å². The molecule has 2 N–H and O–H groups in total. The number of hydrogen-bond donors (Lipinski definition) is 2. The van der Waals surface area contributed by atoms with Crippen LogP contribution in [-0.2, 0) is 9.53 Å². The van der Waals surface area contributed by atoms with E-state index in [2.05, 4.69) is 17.6 Å². The second-order valence-corrected chi connectivity index (χ2v) is 5.01. The maximum Gasteiger partial charge on any atom is 0.342 e. The molecule has 0 spiro atoms. The van der Waals surface area contributed by atoms with Gasteiger partial charge in [0.15, 0.2) is 9.98 Å². The SMILES string of the molecule is CCCNC(=S)NC1(C(=O)OC)CC=CS1. The van der Waals surface area contributed by atoms with Gasteiger partial charge < -0.3 is 15.4 Å². The van der Waals surface area contributed by atoms with Gasteiger partial charge in [0.05, 0.1) is 7.11 Å². The van der Waals surface area contributed by atoms with Gasteiger partial charge in [0.25, 0.3) is 0 Å². The molecule has 1 aliphatic rings. The highest BCUT2D eigenvalue weighted by molar-refractivity contribution is 8.04. The van der Waals surface area contributed by atoms with E-state index in [9.17, 15) is 4.79 Å². The summed E-state index contributed by atoms with van der Waals surface area (Å²) < 4.78 is 4.79. The minimum Gasteiger partial charge on any atom is -0.467 e. The van der Waals surface area contributed by atoms with Gasteiger partial charge in [-0.15, -0.1) is 0 Å². The molecule has 0 saturated carbocycles. The molecule has 1 rings (SSSR count). The van der Waals surface area contributed by atoms with Crippen LogP contribution in [-0.4, -0.2) is 29.6 Å². The third-order valence-corrected chi connectivity index (χ3v) is 3.55. The van der Waals surface area contributed by atoms with Crippen molar-refractivity contribution in [1.29, 1.82) is 0 Å². The number of hydrogen-bond acceptors (Lipinski definition) is 4. The average molecular weight is 260 g/mol. The van der Waals surface area contributed by atoms with E-state index in [-0.39, 0.29) is 5.97 Å². The molecule has 0 aromatic rings. The van der Waals surface area contributed by atoms with Gasteiger partial charge in [0.2, 0.25) is 0 Å². The Morgan fingerprint density at radius 2 is 2.44 bits per heavy atom. The van der Waals surface area contributed by atoms with Crippen molar-refractivity contribution in [2.75, 3.05) is 13.7 Å². The number of carbonyl (C=O) groups is 1. The second kappa shape index (κ2) is 6.10. The van der Waals surface area contributed by atoms with Crippen molar-refractivity contribution in [3.63, 3.8) is 0 Å². The van der Waals surface area contributed by atoms with Gasteiger partial charge in [-0.2, -0.15) is 0 Å². The monoisotopic (exact) mass is 260 g/mol. The van der Waals surface area contributed by atoms with Crippen molar-refractivity contribution >= 4 is 35.1 Å². The van der Waals surface area contributed by atoms with Gasteiger partial charge >= 0.3 is 5.97 Å². The minimum atomic E-state index is -0.785. The lowest BCUT2D eigenvalue weighted by molar-refractivity contribution is -0.143. The van der Waals surface area contributed by atoms with Crippen LogP contribution in [0.4, 0.5) is 0 Å². The molecule has 1 unspecified atom stereocenters. The van der Waals surface area contributed by atoms with Crippen molar-refractivity contribution < 1.29 is 9.53 Å². The van der Waals surface area contributed by atoms with E-state index in [4.69, 9.17) is 17.0 Å². The third kappa shape index (κ3) is 3.12. The molecule has 0 amide bonds. The Labute approximate surface area is 105 Å². The molecule has 0 radical (unpaired) electrons. The van der Waals surface area contributed by atoms with E-state index in [1.165, 1.54) is 18.9 Å². The highest BCUT2D eigenvalue weighted by atomic mass is 32.2. The quantitative estimate of drug-likeness (QED) is 0.588. The normalized spacial score (nSPS) is 22.9. The summed E-state index contributed by atoms with van der Waals surface area (Å²) in [4.78, 5) is 10.9. The summed E-state index contributed by atoms with van der Waals surface area (Å²) in [5.41, 5.74) is 0. The molecule has 0 saturated heterocycles. The van der Waals surface area contributed by atoms with Crippen LogP contribution in [0.5, 0.6) is 0 Å². The zero-order valence-electron chi connectivity index (χ0n) is 9.41. The molecule has 1 aliphatic heterocycles. The average Bonchev–Trinajstić information content (AvgIpc) is 2.75. The van der Waals surface area contributed by atoms with Crippen molar-refractivity contribution in [3.8, 4) is 0 Å². The summed E-state index contributed by atoms with van der Waals surface area (Å²) in [6, 6.07) is 0. The number of methoxy groups -OCH3 is 1. The molecule has 16 heavy (non-hydrogen) atoms. The van der Waals surface area contributed by atoms with Crippen LogP contribution in [0.15, 0.2) is 11.5 Å². The molecule has 6 heteroatoms. The molecule has 0 fully saturated rings. The maximum atomic E-state index is 11.7. The van der Waals surface area contributed by atoms with E-state index in [1.807, 2.05) is 11.5 Å². The number of nitrogens with one attached hydrogen (secondary N) is 2. The van der Waals surface area contributed by atoms with Crippen LogP contribution in [0.3, 0.4) is 0 Å². The fourth-order valence-electron chi connectivity index (χ4n) is 1.32. The Morgan fingerprint density at radius 3 is 2.94 bits per heavy atom. The first-order valence-corrected chi connectivity index (χ1v) is 6.40. The molecular weight excluding hydrogens is 244 g/mol. The van der Waals surface area contributed by atoms with Gasteiger partial charge in [-0.25, -0.2) is 4.79 Å². The predicted octanol–water partition coefficient (Wildman–Crippen LogP) is 1.38. The first-order chi connectivity index (χ1) is 7.64. The molecular formula is C10H16N2O2S2. The number of carbonyl (C=O) groups excluding carboxylic acids is 1. The number of thioether (sulfide) groups is 1. The first kappa shape index (κ1) is 13.3. The molecule has 0 aliphatic carbocycles. The fraction of sp³-hybridized carbons (Fsp3) is 0.600. The van der Waals surface area contributed by atoms with Crippen molar-refractivity contribution in [2.24, 2.45) is 0 Å². The number of rotatable bonds is 4. The molecule has 4 nitrogen and oxygen atoms in total. The Balaban J connectivity index is 2.58. The molecule has 0 aromatic carbocycles. The molecule has 90 valence electrons. The van der Waals surface area contributed by atoms with Crippen LogP contribution >= 0.6 is 24.0 Å². The van der Waals surface area contributed by atoms with E-state index in [1.54, 1.807) is 0 Å². The lowest BCUT2D eigenvalue weighted by Gasteiger charge is -2.27. The van der Waals surface area contributed by atoms with E-state index >= 15 is 0 Å². The molecule has 0 aromatic heterocycles. The van der Waals surface area contributed by atoms with Crippen LogP contribution in [0.1, 0.15) is 19.8 Å². The van der Waals surface area contributed by atoms with Crippen molar-refractivity contribution in [2.45, 2.75) is 24.6 Å². The third-order valence-electron chi connectivity index (χ3n) is 2.14. The minimum absolute atomic E-state index is 0.303. The van der Waals surface area contributed by atoms with Crippen LogP contribution < -0.4 is 10.6 Å². The largest absolute Gasteiger partial charge is 0.467 e. The highest BCUT2D eigenvalue weighted by Gasteiger charge is 2.41. The predicted molar refractivity (Wildman–Crippen MR) is 70.1 cm³/mol. The number of ether oxygens (including phenoxy) is 1. The van der Waals surface area contributed by atoms with Crippen LogP contribution in [0, 0.1) is 0 Å². The zero-order valence-corrected chi connectivity index (χ0v) is 11.0. The van der Waals surface area contributed by atoms with Gasteiger partial charge in [0.1, 0.15) is 0 Å². The highest BCUT2D eigenvalue weighted by Crippen LogP contribution is 2.35. The summed E-state index contributed by atoms with van der Waals surface area (Å²) in [7, 11) is 1.38. The molecule has 1 atom stereocenters. The Morgan fingerprint density at radius 1 is 1.69 bits per heavy atom. The summed E-state index contributed by atoms with van der Waals surface area (Å²) >= 11 is 6.51. The summed E-state index contributed by atoms with van der Waals surface area (Å²) in [5.74, 6) is -0.303. The van der Waals surface area contributed by atoms with Gasteiger partial charge in [0, 0.05) is 13.0 Å². The van der Waals surface area contributed by atoms with Crippen LogP contribution in [0.25, 0.3) is 0 Å². The summed E-state index contributed by atoms with van der Waals surface area (Å²) in [6.45, 7) is 2.85. The van der Waals surface area contributed by atoms with E-state index in [0.717, 1.165) is 13.0 Å². The standard InChI is InChI=1S/C10H16N2O2S2/c1-3-6-11-9(15)12-10(8(13)14-2)5-4-7-16-10/h4,7H,3,5-6H2,1-2H3,(H2,11,12,15). The van der Waals surface area contributed by atoms with Gasteiger partial charge in [-0.3, -0.25) is 0 Å². The smallest absolute Gasteiger partial charge is 0.342 e. The molecule has 1 heterocycles. The first-order valence-electron chi connectivity index (χ1n) is 5.12.